The van der Waals surface area contributed by atoms with Crippen LogP contribution in [-0.2, 0) is 30.5 Å². The highest BCUT2D eigenvalue weighted by atomic mass is 19.4. The zero-order chi connectivity index (χ0) is 28.1. The molecule has 0 radical (unpaired) electrons. The minimum Gasteiger partial charge on any atom is -0.480 e. The minimum absolute atomic E-state index is 0.193. The lowest BCUT2D eigenvalue weighted by Crippen LogP contribution is -2.29. The van der Waals surface area contributed by atoms with E-state index in [0.29, 0.717) is 23.8 Å². The molecule has 0 atom stereocenters. The summed E-state index contributed by atoms with van der Waals surface area (Å²) < 4.78 is 44.1. The van der Waals surface area contributed by atoms with Crippen molar-refractivity contribution in [2.45, 2.75) is 90.4 Å². The van der Waals surface area contributed by atoms with Crippen LogP contribution in [0.25, 0.3) is 11.5 Å². The number of rotatable bonds is 17. The van der Waals surface area contributed by atoms with E-state index in [0.717, 1.165) is 42.5 Å². The van der Waals surface area contributed by atoms with E-state index in [-0.39, 0.29) is 13.1 Å². The number of aryl methyl sites for hydroxylation is 1. The molecule has 212 valence electrons. The first-order valence-electron chi connectivity index (χ1n) is 13.8. The molecule has 1 aromatic heterocycles. The molecular formula is C30H38F3N3O3. The number of aliphatic carboxylic acids is 1. The van der Waals surface area contributed by atoms with E-state index < -0.39 is 17.7 Å². The number of hydrogen-bond donors (Lipinski definition) is 1. The molecule has 0 fully saturated rings. The second-order valence-electron chi connectivity index (χ2n) is 10.0. The second kappa shape index (κ2) is 15.4. The summed E-state index contributed by atoms with van der Waals surface area (Å²) in [5.74, 6) is 0.0690. The Labute approximate surface area is 228 Å². The molecule has 1 N–H and O–H groups in total. The highest BCUT2D eigenvalue weighted by Gasteiger charge is 2.30. The zero-order valence-corrected chi connectivity index (χ0v) is 22.6. The molecular weight excluding hydrogens is 507 g/mol. The molecule has 0 unspecified atom stereocenters. The Morgan fingerprint density at radius 3 is 2.18 bits per heavy atom. The number of carboxylic acids is 1. The van der Waals surface area contributed by atoms with Crippen molar-refractivity contribution in [2.24, 2.45) is 0 Å². The molecule has 2 aromatic carbocycles. The molecule has 0 amide bonds. The van der Waals surface area contributed by atoms with Gasteiger partial charge in [-0.2, -0.15) is 18.2 Å². The molecule has 0 bridgehead atoms. The highest BCUT2D eigenvalue weighted by Crippen LogP contribution is 2.29. The second-order valence-corrected chi connectivity index (χ2v) is 10.0. The van der Waals surface area contributed by atoms with Gasteiger partial charge in [-0.15, -0.1) is 0 Å². The SMILES string of the molecule is CCCCCCCCCCCc1noc(-c2cccc(CN(CC(=O)O)Cc3ccc(C(F)(F)F)cc3)c2)n1. The normalized spacial score (nSPS) is 11.8. The quantitative estimate of drug-likeness (QED) is 0.174. The predicted molar refractivity (Wildman–Crippen MR) is 144 cm³/mol. The van der Waals surface area contributed by atoms with Gasteiger partial charge in [-0.1, -0.05) is 87.7 Å². The lowest BCUT2D eigenvalue weighted by Gasteiger charge is -2.21. The molecule has 0 spiro atoms. The standard InChI is InChI=1S/C30H38F3N3O3/c1-2-3-4-5-6-7-8-9-10-14-27-34-29(39-35-27)25-13-11-12-24(19-25)21-36(22-28(37)38)20-23-15-17-26(18-16-23)30(31,32)33/h11-13,15-19H,2-10,14,20-22H2,1H3,(H,37,38). The first-order valence-corrected chi connectivity index (χ1v) is 13.8. The fourth-order valence-electron chi connectivity index (χ4n) is 4.54. The van der Waals surface area contributed by atoms with Gasteiger partial charge in [-0.25, -0.2) is 0 Å². The molecule has 0 aliphatic carbocycles. The Morgan fingerprint density at radius 1 is 0.897 bits per heavy atom. The Hall–Kier alpha value is -3.20. The van der Waals surface area contributed by atoms with E-state index in [9.17, 15) is 23.1 Å². The van der Waals surface area contributed by atoms with Crippen molar-refractivity contribution >= 4 is 5.97 Å². The van der Waals surface area contributed by atoms with Crippen molar-refractivity contribution in [1.29, 1.82) is 0 Å². The lowest BCUT2D eigenvalue weighted by molar-refractivity contribution is -0.139. The van der Waals surface area contributed by atoms with Crippen LogP contribution in [0, 0.1) is 0 Å². The van der Waals surface area contributed by atoms with E-state index in [2.05, 4.69) is 17.1 Å². The monoisotopic (exact) mass is 545 g/mol. The zero-order valence-electron chi connectivity index (χ0n) is 22.6. The first kappa shape index (κ1) is 30.3. The molecule has 6 nitrogen and oxygen atoms in total. The number of halogens is 3. The summed E-state index contributed by atoms with van der Waals surface area (Å²) in [6, 6.07) is 12.2. The van der Waals surface area contributed by atoms with Crippen LogP contribution in [0.5, 0.6) is 0 Å². The summed E-state index contributed by atoms with van der Waals surface area (Å²) >= 11 is 0. The van der Waals surface area contributed by atoms with Crippen LogP contribution in [0.15, 0.2) is 53.1 Å². The van der Waals surface area contributed by atoms with Crippen LogP contribution < -0.4 is 0 Å². The van der Waals surface area contributed by atoms with Gasteiger partial charge in [-0.3, -0.25) is 9.69 Å². The number of nitrogens with zero attached hydrogens (tertiary/aromatic N) is 3. The van der Waals surface area contributed by atoms with E-state index in [1.54, 1.807) is 4.90 Å². The van der Waals surface area contributed by atoms with Crippen molar-refractivity contribution in [1.82, 2.24) is 15.0 Å². The van der Waals surface area contributed by atoms with E-state index in [1.807, 2.05) is 24.3 Å². The molecule has 1 heterocycles. The first-order chi connectivity index (χ1) is 18.7. The van der Waals surface area contributed by atoms with Crippen molar-refractivity contribution < 1.29 is 27.6 Å². The van der Waals surface area contributed by atoms with Gasteiger partial charge < -0.3 is 9.63 Å². The highest BCUT2D eigenvalue weighted by molar-refractivity contribution is 5.69. The Balaban J connectivity index is 1.53. The van der Waals surface area contributed by atoms with Gasteiger partial charge in [-0.05, 0) is 41.8 Å². The lowest BCUT2D eigenvalue weighted by atomic mass is 10.1. The molecule has 0 saturated heterocycles. The van der Waals surface area contributed by atoms with Crippen molar-refractivity contribution in [3.05, 3.63) is 71.0 Å². The third kappa shape index (κ3) is 10.8. The van der Waals surface area contributed by atoms with Crippen molar-refractivity contribution in [3.8, 4) is 11.5 Å². The van der Waals surface area contributed by atoms with Gasteiger partial charge in [0, 0.05) is 25.1 Å². The molecule has 0 aliphatic rings. The van der Waals surface area contributed by atoms with Crippen LogP contribution >= 0.6 is 0 Å². The number of carboxylic acid groups (broad SMARTS) is 1. The fourth-order valence-corrected chi connectivity index (χ4v) is 4.54. The van der Waals surface area contributed by atoms with E-state index in [4.69, 9.17) is 4.52 Å². The van der Waals surface area contributed by atoms with Gasteiger partial charge in [0.2, 0.25) is 0 Å². The Kier molecular flexibility index (Phi) is 12.0. The third-order valence-electron chi connectivity index (χ3n) is 6.60. The van der Waals surface area contributed by atoms with Crippen LogP contribution in [-0.4, -0.2) is 32.7 Å². The third-order valence-corrected chi connectivity index (χ3v) is 6.60. The summed E-state index contributed by atoms with van der Waals surface area (Å²) in [6.07, 6.45) is 7.55. The van der Waals surface area contributed by atoms with Crippen LogP contribution in [0.2, 0.25) is 0 Å². The Bertz CT molecular complexity index is 1150. The van der Waals surface area contributed by atoms with E-state index in [1.165, 1.54) is 57.1 Å². The average Bonchev–Trinajstić information content (AvgIpc) is 3.36. The molecule has 3 aromatic rings. The van der Waals surface area contributed by atoms with Crippen molar-refractivity contribution in [2.75, 3.05) is 6.54 Å². The number of unbranched alkanes of at least 4 members (excludes halogenated alkanes) is 8. The maximum absolute atomic E-state index is 12.9. The van der Waals surface area contributed by atoms with Gasteiger partial charge in [0.15, 0.2) is 5.82 Å². The van der Waals surface area contributed by atoms with Crippen LogP contribution in [0.1, 0.15) is 87.2 Å². The van der Waals surface area contributed by atoms with Gasteiger partial charge in [0.25, 0.3) is 5.89 Å². The Morgan fingerprint density at radius 2 is 1.54 bits per heavy atom. The molecule has 0 saturated carbocycles. The van der Waals surface area contributed by atoms with Crippen molar-refractivity contribution in [3.63, 3.8) is 0 Å². The summed E-state index contributed by atoms with van der Waals surface area (Å²) in [4.78, 5) is 17.6. The average molecular weight is 546 g/mol. The fraction of sp³-hybridized carbons (Fsp3) is 0.500. The summed E-state index contributed by atoms with van der Waals surface area (Å²) in [6.45, 7) is 2.46. The maximum atomic E-state index is 12.9. The molecule has 39 heavy (non-hydrogen) atoms. The largest absolute Gasteiger partial charge is 0.480 e. The predicted octanol–water partition coefficient (Wildman–Crippen LogP) is 7.92. The summed E-state index contributed by atoms with van der Waals surface area (Å²) in [7, 11) is 0. The number of benzene rings is 2. The number of carbonyl (C=O) groups is 1. The van der Waals surface area contributed by atoms with Gasteiger partial charge in [0.05, 0.1) is 12.1 Å². The number of alkyl halides is 3. The molecule has 0 aliphatic heterocycles. The van der Waals surface area contributed by atoms with Gasteiger partial charge >= 0.3 is 12.1 Å². The smallest absolute Gasteiger partial charge is 0.416 e. The molecule has 9 heteroatoms. The van der Waals surface area contributed by atoms with Crippen LogP contribution in [0.4, 0.5) is 13.2 Å². The maximum Gasteiger partial charge on any atom is 0.416 e. The van der Waals surface area contributed by atoms with Crippen LogP contribution in [0.3, 0.4) is 0 Å². The topological polar surface area (TPSA) is 79.5 Å². The number of aromatic nitrogens is 2. The number of hydrogen-bond acceptors (Lipinski definition) is 5. The summed E-state index contributed by atoms with van der Waals surface area (Å²) in [5, 5.41) is 13.5. The van der Waals surface area contributed by atoms with Gasteiger partial charge in [0.1, 0.15) is 0 Å². The minimum atomic E-state index is -4.41. The van der Waals surface area contributed by atoms with E-state index >= 15 is 0 Å². The molecule has 3 rings (SSSR count). The summed E-state index contributed by atoms with van der Waals surface area (Å²) in [5.41, 5.74) is 1.43.